The van der Waals surface area contributed by atoms with Crippen LogP contribution in [0.3, 0.4) is 0 Å². The fourth-order valence-corrected chi connectivity index (χ4v) is 4.81. The molecule has 5 rings (SSSR count). The van der Waals surface area contributed by atoms with Crippen LogP contribution in [-0.2, 0) is 5.60 Å². The van der Waals surface area contributed by atoms with Crippen LogP contribution >= 0.6 is 11.6 Å². The standard InChI is InChI=1S/C31H27ClN2O3/c1-3-36-29-26-19-23(31(35,24-13-9-17-33-20-24)22-12-8-14-25(32)18-22)15-16-27(26)34-30(37-4-2)28(29)21-10-6-5-7-11-21/h5-20,35H,3-4H2,1-2H3. The van der Waals surface area contributed by atoms with E-state index in [-0.39, 0.29) is 0 Å². The molecule has 0 aliphatic rings. The van der Waals surface area contributed by atoms with Gasteiger partial charge in [0, 0.05) is 28.4 Å². The highest BCUT2D eigenvalue weighted by Crippen LogP contribution is 2.45. The van der Waals surface area contributed by atoms with Crippen LogP contribution in [0.2, 0.25) is 5.02 Å². The van der Waals surface area contributed by atoms with Crippen molar-refractivity contribution in [3.63, 3.8) is 0 Å². The third-order valence-electron chi connectivity index (χ3n) is 6.28. The average molecular weight is 511 g/mol. The molecule has 0 saturated heterocycles. The zero-order valence-corrected chi connectivity index (χ0v) is 21.4. The number of ether oxygens (including phenoxy) is 2. The Balaban J connectivity index is 1.82. The van der Waals surface area contributed by atoms with Crippen LogP contribution in [0.1, 0.15) is 30.5 Å². The van der Waals surface area contributed by atoms with Crippen LogP contribution in [0.5, 0.6) is 11.6 Å². The summed E-state index contributed by atoms with van der Waals surface area (Å²) in [5.74, 6) is 1.17. The van der Waals surface area contributed by atoms with Gasteiger partial charge in [-0.2, -0.15) is 0 Å². The van der Waals surface area contributed by atoms with Crippen molar-refractivity contribution in [2.24, 2.45) is 0 Å². The zero-order chi connectivity index (χ0) is 25.8. The number of fused-ring (bicyclic) bond motifs is 1. The second-order valence-corrected chi connectivity index (χ2v) is 8.98. The lowest BCUT2D eigenvalue weighted by molar-refractivity contribution is 0.125. The molecule has 0 saturated carbocycles. The summed E-state index contributed by atoms with van der Waals surface area (Å²) >= 11 is 6.35. The molecule has 0 aliphatic heterocycles. The van der Waals surface area contributed by atoms with Gasteiger partial charge in [-0.15, -0.1) is 0 Å². The lowest BCUT2D eigenvalue weighted by Crippen LogP contribution is -2.29. The Bertz CT molecular complexity index is 1530. The third kappa shape index (κ3) is 4.64. The lowest BCUT2D eigenvalue weighted by atomic mass is 9.80. The van der Waals surface area contributed by atoms with E-state index < -0.39 is 5.60 Å². The first-order chi connectivity index (χ1) is 18.1. The van der Waals surface area contributed by atoms with E-state index in [1.54, 1.807) is 30.6 Å². The van der Waals surface area contributed by atoms with E-state index in [9.17, 15) is 5.11 Å². The molecule has 2 aromatic heterocycles. The summed E-state index contributed by atoms with van der Waals surface area (Å²) in [6.45, 7) is 4.81. The Labute approximate surface area is 221 Å². The Hall–Kier alpha value is -3.93. The Kier molecular flexibility index (Phi) is 7.08. The van der Waals surface area contributed by atoms with Gasteiger partial charge in [0.25, 0.3) is 0 Å². The number of pyridine rings is 2. The molecular weight excluding hydrogens is 484 g/mol. The molecule has 37 heavy (non-hydrogen) atoms. The van der Waals surface area contributed by atoms with Gasteiger partial charge in [0.2, 0.25) is 5.88 Å². The summed E-state index contributed by atoms with van der Waals surface area (Å²) in [5.41, 5.74) is 2.80. The van der Waals surface area contributed by atoms with E-state index >= 15 is 0 Å². The predicted molar refractivity (Wildman–Crippen MR) is 147 cm³/mol. The topological polar surface area (TPSA) is 64.5 Å². The van der Waals surface area contributed by atoms with Gasteiger partial charge in [-0.05, 0) is 60.9 Å². The summed E-state index contributed by atoms with van der Waals surface area (Å²) in [6.07, 6.45) is 3.35. The summed E-state index contributed by atoms with van der Waals surface area (Å²) in [4.78, 5) is 9.12. The highest BCUT2D eigenvalue weighted by atomic mass is 35.5. The molecular formula is C31H27ClN2O3. The van der Waals surface area contributed by atoms with Crippen LogP contribution in [-0.4, -0.2) is 28.3 Å². The molecule has 1 atom stereocenters. The van der Waals surface area contributed by atoms with Crippen molar-refractivity contribution in [2.75, 3.05) is 13.2 Å². The number of rotatable bonds is 8. The molecule has 5 nitrogen and oxygen atoms in total. The molecule has 0 aliphatic carbocycles. The maximum Gasteiger partial charge on any atom is 0.225 e. The number of nitrogens with zero attached hydrogens (tertiary/aromatic N) is 2. The van der Waals surface area contributed by atoms with E-state index in [4.69, 9.17) is 26.1 Å². The van der Waals surface area contributed by atoms with Gasteiger partial charge in [-0.3, -0.25) is 4.98 Å². The monoisotopic (exact) mass is 510 g/mol. The smallest absolute Gasteiger partial charge is 0.225 e. The fourth-order valence-electron chi connectivity index (χ4n) is 4.62. The molecule has 0 bridgehead atoms. The van der Waals surface area contributed by atoms with Crippen LogP contribution < -0.4 is 9.47 Å². The van der Waals surface area contributed by atoms with E-state index in [1.807, 2.05) is 80.6 Å². The number of aromatic nitrogens is 2. The van der Waals surface area contributed by atoms with E-state index in [0.29, 0.717) is 52.1 Å². The van der Waals surface area contributed by atoms with Crippen molar-refractivity contribution < 1.29 is 14.6 Å². The summed E-state index contributed by atoms with van der Waals surface area (Å²) in [5, 5.41) is 13.7. The van der Waals surface area contributed by atoms with E-state index in [2.05, 4.69) is 4.98 Å². The molecule has 0 fully saturated rings. The number of halogens is 1. The summed E-state index contributed by atoms with van der Waals surface area (Å²) < 4.78 is 12.2. The molecule has 6 heteroatoms. The van der Waals surface area contributed by atoms with Gasteiger partial charge in [-0.1, -0.05) is 66.2 Å². The molecule has 5 aromatic rings. The number of hydrogen-bond donors (Lipinski definition) is 1. The van der Waals surface area contributed by atoms with Gasteiger partial charge in [-0.25, -0.2) is 4.98 Å². The minimum absolute atomic E-state index is 0.454. The molecule has 2 heterocycles. The second kappa shape index (κ2) is 10.6. The van der Waals surface area contributed by atoms with Crippen molar-refractivity contribution in [1.29, 1.82) is 0 Å². The van der Waals surface area contributed by atoms with Crippen LogP contribution in [0, 0.1) is 0 Å². The van der Waals surface area contributed by atoms with Gasteiger partial charge >= 0.3 is 0 Å². The normalized spacial score (nSPS) is 12.8. The number of benzene rings is 3. The first kappa shape index (κ1) is 24.8. The van der Waals surface area contributed by atoms with Gasteiger partial charge in [0.05, 0.1) is 24.3 Å². The SMILES string of the molecule is CCOc1nc2ccc(C(O)(c3cccnc3)c3cccc(Cl)c3)cc2c(OCC)c1-c1ccccc1. The predicted octanol–water partition coefficient (Wildman–Crippen LogP) is 7.03. The first-order valence-corrected chi connectivity index (χ1v) is 12.6. The van der Waals surface area contributed by atoms with Crippen LogP contribution in [0.4, 0.5) is 0 Å². The Morgan fingerprint density at radius 3 is 2.27 bits per heavy atom. The third-order valence-corrected chi connectivity index (χ3v) is 6.51. The lowest BCUT2D eigenvalue weighted by Gasteiger charge is -2.30. The Morgan fingerprint density at radius 1 is 0.811 bits per heavy atom. The quantitative estimate of drug-likeness (QED) is 0.243. The maximum absolute atomic E-state index is 12.4. The maximum atomic E-state index is 12.4. The minimum atomic E-state index is -1.51. The van der Waals surface area contributed by atoms with Crippen LogP contribution in [0.25, 0.3) is 22.0 Å². The second-order valence-electron chi connectivity index (χ2n) is 8.55. The molecule has 186 valence electrons. The van der Waals surface area contributed by atoms with Crippen molar-refractivity contribution in [3.05, 3.63) is 119 Å². The molecule has 3 aromatic carbocycles. The van der Waals surface area contributed by atoms with E-state index in [1.165, 1.54) is 0 Å². The largest absolute Gasteiger partial charge is 0.492 e. The minimum Gasteiger partial charge on any atom is -0.492 e. The van der Waals surface area contributed by atoms with Crippen LogP contribution in [0.15, 0.2) is 97.3 Å². The van der Waals surface area contributed by atoms with Crippen molar-refractivity contribution in [1.82, 2.24) is 9.97 Å². The van der Waals surface area contributed by atoms with Gasteiger partial charge in [0.1, 0.15) is 11.4 Å². The van der Waals surface area contributed by atoms with Crippen molar-refractivity contribution >= 4 is 22.5 Å². The van der Waals surface area contributed by atoms with Gasteiger partial charge < -0.3 is 14.6 Å². The Morgan fingerprint density at radius 2 is 1.57 bits per heavy atom. The number of hydrogen-bond acceptors (Lipinski definition) is 5. The first-order valence-electron chi connectivity index (χ1n) is 12.2. The highest BCUT2D eigenvalue weighted by Gasteiger charge is 2.35. The summed E-state index contributed by atoms with van der Waals surface area (Å²) in [7, 11) is 0. The van der Waals surface area contributed by atoms with Crippen molar-refractivity contribution in [3.8, 4) is 22.8 Å². The van der Waals surface area contributed by atoms with Gasteiger partial charge in [0.15, 0.2) is 0 Å². The van der Waals surface area contributed by atoms with E-state index in [0.717, 1.165) is 16.5 Å². The molecule has 0 spiro atoms. The molecule has 0 amide bonds. The number of aliphatic hydroxyl groups is 1. The zero-order valence-electron chi connectivity index (χ0n) is 20.7. The average Bonchev–Trinajstić information content (AvgIpc) is 2.94. The van der Waals surface area contributed by atoms with Crippen molar-refractivity contribution in [2.45, 2.75) is 19.4 Å². The summed E-state index contributed by atoms with van der Waals surface area (Å²) in [6, 6.07) is 26.5. The fraction of sp³-hybridized carbons (Fsp3) is 0.161. The molecule has 0 radical (unpaired) electrons. The molecule has 1 N–H and O–H groups in total. The highest BCUT2D eigenvalue weighted by molar-refractivity contribution is 6.30. The molecule has 1 unspecified atom stereocenters.